The molecule has 0 atom stereocenters. The van der Waals surface area contributed by atoms with Crippen molar-refractivity contribution in [1.82, 2.24) is 4.72 Å². The van der Waals surface area contributed by atoms with E-state index in [-0.39, 0.29) is 17.2 Å². The lowest BCUT2D eigenvalue weighted by atomic mass is 10.1. The molecule has 2 aromatic rings. The molecule has 0 amide bonds. The van der Waals surface area contributed by atoms with E-state index < -0.39 is 10.0 Å². The van der Waals surface area contributed by atoms with Crippen LogP contribution in [0, 0.1) is 0 Å². The summed E-state index contributed by atoms with van der Waals surface area (Å²) in [5.41, 5.74) is 2.66. The van der Waals surface area contributed by atoms with Crippen LogP contribution in [0.5, 0.6) is 0 Å². The van der Waals surface area contributed by atoms with Crippen molar-refractivity contribution in [3.05, 3.63) is 65.2 Å². The van der Waals surface area contributed by atoms with Crippen LogP contribution in [0.25, 0.3) is 0 Å². The molecule has 4 nitrogen and oxygen atoms in total. The Morgan fingerprint density at radius 3 is 2.04 bits per heavy atom. The van der Waals surface area contributed by atoms with Gasteiger partial charge in [0, 0.05) is 12.1 Å². The Hall–Kier alpha value is -1.98. The highest BCUT2D eigenvalue weighted by molar-refractivity contribution is 7.89. The molecule has 0 heterocycles. The van der Waals surface area contributed by atoms with E-state index in [1.54, 1.807) is 0 Å². The Morgan fingerprint density at radius 1 is 0.957 bits per heavy atom. The summed E-state index contributed by atoms with van der Waals surface area (Å²) in [6.07, 6.45) is 2.11. The molecule has 0 bridgehead atoms. The van der Waals surface area contributed by atoms with Crippen LogP contribution < -0.4 is 4.72 Å². The van der Waals surface area contributed by atoms with Crippen LogP contribution in [0.4, 0.5) is 0 Å². The van der Waals surface area contributed by atoms with Gasteiger partial charge in [0.05, 0.1) is 4.90 Å². The molecular weight excluding hydrogens is 310 g/mol. The number of carbonyl (C=O) groups excluding carboxylic acids is 1. The molecule has 0 aliphatic rings. The average molecular weight is 331 g/mol. The average Bonchev–Trinajstić information content (AvgIpc) is 2.55. The number of ketones is 1. The summed E-state index contributed by atoms with van der Waals surface area (Å²) in [6, 6.07) is 13.9. The number of benzene rings is 2. The van der Waals surface area contributed by atoms with Crippen molar-refractivity contribution in [3.8, 4) is 0 Å². The summed E-state index contributed by atoms with van der Waals surface area (Å²) in [4.78, 5) is 11.4. The fourth-order valence-corrected chi connectivity index (χ4v) is 3.26. The van der Waals surface area contributed by atoms with Crippen molar-refractivity contribution in [1.29, 1.82) is 0 Å². The van der Waals surface area contributed by atoms with Crippen molar-refractivity contribution in [2.24, 2.45) is 0 Å². The van der Waals surface area contributed by atoms with Gasteiger partial charge in [-0.05, 0) is 36.6 Å². The number of aryl methyl sites for hydroxylation is 1. The molecule has 0 saturated heterocycles. The summed E-state index contributed by atoms with van der Waals surface area (Å²) >= 11 is 0. The van der Waals surface area contributed by atoms with Gasteiger partial charge in [-0.15, -0.1) is 0 Å². The fraction of sp³-hybridized carbons (Fsp3) is 0.278. The molecule has 23 heavy (non-hydrogen) atoms. The van der Waals surface area contributed by atoms with E-state index in [0.717, 1.165) is 18.4 Å². The van der Waals surface area contributed by atoms with Crippen LogP contribution in [0.1, 0.15) is 41.8 Å². The van der Waals surface area contributed by atoms with Crippen molar-refractivity contribution in [2.45, 2.75) is 38.1 Å². The van der Waals surface area contributed by atoms with Gasteiger partial charge in [-0.1, -0.05) is 49.7 Å². The first-order chi connectivity index (χ1) is 10.9. The van der Waals surface area contributed by atoms with E-state index in [1.807, 2.05) is 24.3 Å². The minimum atomic E-state index is -3.58. The smallest absolute Gasteiger partial charge is 0.240 e. The molecule has 0 saturated carbocycles. The Kier molecular flexibility index (Phi) is 5.69. The summed E-state index contributed by atoms with van der Waals surface area (Å²) in [5.74, 6) is -0.0888. The molecule has 2 aromatic carbocycles. The topological polar surface area (TPSA) is 63.2 Å². The van der Waals surface area contributed by atoms with Crippen LogP contribution in [0.3, 0.4) is 0 Å². The number of nitrogens with one attached hydrogen (secondary N) is 1. The van der Waals surface area contributed by atoms with E-state index in [9.17, 15) is 13.2 Å². The quantitative estimate of drug-likeness (QED) is 0.792. The first kappa shape index (κ1) is 17.4. The molecule has 0 aliphatic carbocycles. The molecule has 2 rings (SSSR count). The zero-order valence-electron chi connectivity index (χ0n) is 13.4. The maximum Gasteiger partial charge on any atom is 0.240 e. The molecule has 122 valence electrons. The van der Waals surface area contributed by atoms with Crippen LogP contribution in [-0.4, -0.2) is 14.2 Å². The standard InChI is InChI=1S/C18H21NO3S/c1-3-4-15-5-7-16(8-6-15)13-19-23(21,22)18-11-9-17(10-12-18)14(2)20/h5-12,19H,3-4,13H2,1-2H3. The van der Waals surface area contributed by atoms with Crippen LogP contribution in [-0.2, 0) is 23.0 Å². The number of Topliss-reactive ketones (excluding diaryl/α,β-unsaturated/α-hetero) is 1. The predicted molar refractivity (Wildman–Crippen MR) is 90.9 cm³/mol. The van der Waals surface area contributed by atoms with Crippen molar-refractivity contribution >= 4 is 15.8 Å². The molecule has 5 heteroatoms. The summed E-state index contributed by atoms with van der Waals surface area (Å²) < 4.78 is 27.1. The van der Waals surface area contributed by atoms with Gasteiger partial charge >= 0.3 is 0 Å². The molecule has 1 N–H and O–H groups in total. The molecule has 0 aliphatic heterocycles. The Balaban J connectivity index is 2.04. The second kappa shape index (κ2) is 7.53. The van der Waals surface area contributed by atoms with Crippen LogP contribution in [0.2, 0.25) is 0 Å². The Bertz CT molecular complexity index is 763. The highest BCUT2D eigenvalue weighted by Gasteiger charge is 2.14. The SMILES string of the molecule is CCCc1ccc(CNS(=O)(=O)c2ccc(C(C)=O)cc2)cc1. The third kappa shape index (κ3) is 4.74. The van der Waals surface area contributed by atoms with Gasteiger partial charge in [0.25, 0.3) is 0 Å². The molecule has 0 unspecified atom stereocenters. The fourth-order valence-electron chi connectivity index (χ4n) is 2.24. The van der Waals surface area contributed by atoms with E-state index in [4.69, 9.17) is 0 Å². The number of hydrogen-bond acceptors (Lipinski definition) is 3. The maximum atomic E-state index is 12.3. The van der Waals surface area contributed by atoms with E-state index in [2.05, 4.69) is 11.6 Å². The van der Waals surface area contributed by atoms with Crippen molar-refractivity contribution < 1.29 is 13.2 Å². The van der Waals surface area contributed by atoms with Crippen molar-refractivity contribution in [3.63, 3.8) is 0 Å². The third-order valence-electron chi connectivity index (χ3n) is 3.60. The molecular formula is C18H21NO3S. The van der Waals surface area contributed by atoms with Gasteiger partial charge in [-0.2, -0.15) is 0 Å². The molecule has 0 spiro atoms. The molecule has 0 radical (unpaired) electrons. The van der Waals surface area contributed by atoms with Crippen molar-refractivity contribution in [2.75, 3.05) is 0 Å². The van der Waals surface area contributed by atoms with Gasteiger partial charge in [-0.25, -0.2) is 13.1 Å². The normalized spacial score (nSPS) is 11.4. The first-order valence-electron chi connectivity index (χ1n) is 7.61. The summed E-state index contributed by atoms with van der Waals surface area (Å²) in [5, 5.41) is 0. The highest BCUT2D eigenvalue weighted by atomic mass is 32.2. The zero-order chi connectivity index (χ0) is 16.9. The predicted octanol–water partition coefficient (Wildman–Crippen LogP) is 3.32. The highest BCUT2D eigenvalue weighted by Crippen LogP contribution is 2.12. The van der Waals surface area contributed by atoms with Gasteiger partial charge in [-0.3, -0.25) is 4.79 Å². The van der Waals surface area contributed by atoms with Crippen LogP contribution >= 0.6 is 0 Å². The maximum absolute atomic E-state index is 12.3. The second-order valence-electron chi connectivity index (χ2n) is 5.47. The lowest BCUT2D eigenvalue weighted by Gasteiger charge is -2.08. The molecule has 0 aromatic heterocycles. The third-order valence-corrected chi connectivity index (χ3v) is 5.02. The Labute approximate surface area is 137 Å². The van der Waals surface area contributed by atoms with Gasteiger partial charge < -0.3 is 0 Å². The lowest BCUT2D eigenvalue weighted by molar-refractivity contribution is 0.101. The summed E-state index contributed by atoms with van der Waals surface area (Å²) in [6.45, 7) is 3.81. The second-order valence-corrected chi connectivity index (χ2v) is 7.24. The zero-order valence-corrected chi connectivity index (χ0v) is 14.2. The minimum Gasteiger partial charge on any atom is -0.295 e. The van der Waals surface area contributed by atoms with E-state index in [0.29, 0.717) is 5.56 Å². The number of carbonyl (C=O) groups is 1. The first-order valence-corrected chi connectivity index (χ1v) is 9.09. The minimum absolute atomic E-state index is 0.0888. The molecule has 0 fully saturated rings. The Morgan fingerprint density at radius 2 is 1.52 bits per heavy atom. The van der Waals surface area contributed by atoms with Crippen LogP contribution in [0.15, 0.2) is 53.4 Å². The van der Waals surface area contributed by atoms with E-state index >= 15 is 0 Å². The van der Waals surface area contributed by atoms with Gasteiger partial charge in [0.1, 0.15) is 0 Å². The van der Waals surface area contributed by atoms with Gasteiger partial charge in [0.2, 0.25) is 10.0 Å². The lowest BCUT2D eigenvalue weighted by Crippen LogP contribution is -2.23. The number of rotatable bonds is 7. The monoisotopic (exact) mass is 331 g/mol. The number of hydrogen-bond donors (Lipinski definition) is 1. The summed E-state index contributed by atoms with van der Waals surface area (Å²) in [7, 11) is -3.58. The van der Waals surface area contributed by atoms with E-state index in [1.165, 1.54) is 36.8 Å². The largest absolute Gasteiger partial charge is 0.295 e. The number of sulfonamides is 1. The van der Waals surface area contributed by atoms with Gasteiger partial charge in [0.15, 0.2) is 5.78 Å².